The van der Waals surface area contributed by atoms with Gasteiger partial charge in [-0.1, -0.05) is 34.5 Å². The maximum absolute atomic E-state index is 12.5. The molecule has 106 valence electrons. The van der Waals surface area contributed by atoms with Crippen LogP contribution in [0.25, 0.3) is 10.9 Å². The van der Waals surface area contributed by atoms with E-state index in [-0.39, 0.29) is 5.91 Å². The largest absolute Gasteiger partial charge is 0.342 e. The summed E-state index contributed by atoms with van der Waals surface area (Å²) in [7, 11) is 1.87. The van der Waals surface area contributed by atoms with Crippen LogP contribution >= 0.6 is 15.9 Å². The summed E-state index contributed by atoms with van der Waals surface area (Å²) in [5.74, 6) is 0.0717. The molecule has 2 aromatic rings. The molecule has 1 amide bonds. The van der Waals surface area contributed by atoms with E-state index in [0.29, 0.717) is 0 Å². The molecule has 1 aromatic heterocycles. The molecule has 4 heteroatoms. The highest BCUT2D eigenvalue weighted by Crippen LogP contribution is 2.18. The summed E-state index contributed by atoms with van der Waals surface area (Å²) in [4.78, 5) is 18.6. The zero-order chi connectivity index (χ0) is 14.4. The van der Waals surface area contributed by atoms with Crippen LogP contribution in [0, 0.1) is 0 Å². The predicted octanol–water partition coefficient (Wildman–Crippen LogP) is 3.87. The number of pyridine rings is 1. The fourth-order valence-corrected chi connectivity index (χ4v) is 2.61. The highest BCUT2D eigenvalue weighted by atomic mass is 79.9. The van der Waals surface area contributed by atoms with Crippen molar-refractivity contribution in [3.8, 4) is 0 Å². The first-order valence-electron chi connectivity index (χ1n) is 6.89. The van der Waals surface area contributed by atoms with Gasteiger partial charge in [-0.15, -0.1) is 0 Å². The third kappa shape index (κ3) is 3.57. The van der Waals surface area contributed by atoms with Gasteiger partial charge in [-0.2, -0.15) is 0 Å². The Morgan fingerprint density at radius 3 is 2.85 bits per heavy atom. The van der Waals surface area contributed by atoms with Crippen molar-refractivity contribution in [1.29, 1.82) is 0 Å². The van der Waals surface area contributed by atoms with Gasteiger partial charge in [0, 0.05) is 36.1 Å². The fourth-order valence-electron chi connectivity index (χ4n) is 2.22. The molecule has 0 N–H and O–H groups in total. The fraction of sp³-hybridized carbons (Fsp3) is 0.375. The second-order valence-electron chi connectivity index (χ2n) is 4.85. The number of fused-ring (bicyclic) bond motifs is 1. The molecule has 0 saturated carbocycles. The summed E-state index contributed by atoms with van der Waals surface area (Å²) in [6, 6.07) is 9.52. The highest BCUT2D eigenvalue weighted by Gasteiger charge is 2.14. The van der Waals surface area contributed by atoms with E-state index in [2.05, 4.69) is 20.9 Å². The highest BCUT2D eigenvalue weighted by molar-refractivity contribution is 9.09. The third-order valence-electron chi connectivity index (χ3n) is 3.35. The van der Waals surface area contributed by atoms with Gasteiger partial charge in [-0.05, 0) is 31.0 Å². The Labute approximate surface area is 128 Å². The number of carbonyl (C=O) groups is 1. The van der Waals surface area contributed by atoms with Gasteiger partial charge in [0.15, 0.2) is 0 Å². The van der Waals surface area contributed by atoms with Gasteiger partial charge in [0.1, 0.15) is 0 Å². The van der Waals surface area contributed by atoms with Crippen LogP contribution in [-0.2, 0) is 0 Å². The number of aromatic nitrogens is 1. The van der Waals surface area contributed by atoms with E-state index < -0.39 is 0 Å². The Morgan fingerprint density at radius 1 is 1.20 bits per heavy atom. The Bertz CT molecular complexity index is 580. The number of amides is 1. The summed E-state index contributed by atoms with van der Waals surface area (Å²) in [6.45, 7) is 0.794. The first-order chi connectivity index (χ1) is 9.74. The molecule has 0 spiro atoms. The van der Waals surface area contributed by atoms with Crippen molar-refractivity contribution < 1.29 is 4.79 Å². The van der Waals surface area contributed by atoms with E-state index in [0.717, 1.165) is 47.6 Å². The van der Waals surface area contributed by atoms with Crippen molar-refractivity contribution in [1.82, 2.24) is 9.88 Å². The van der Waals surface area contributed by atoms with Gasteiger partial charge in [0.2, 0.25) is 0 Å². The van der Waals surface area contributed by atoms with Gasteiger partial charge < -0.3 is 4.90 Å². The van der Waals surface area contributed by atoms with Crippen LogP contribution in [0.2, 0.25) is 0 Å². The van der Waals surface area contributed by atoms with Crippen LogP contribution in [0.4, 0.5) is 0 Å². The third-order valence-corrected chi connectivity index (χ3v) is 3.91. The molecule has 0 fully saturated rings. The number of hydrogen-bond acceptors (Lipinski definition) is 2. The maximum Gasteiger partial charge on any atom is 0.254 e. The van der Waals surface area contributed by atoms with E-state index in [1.54, 1.807) is 11.1 Å². The zero-order valence-electron chi connectivity index (χ0n) is 11.7. The summed E-state index contributed by atoms with van der Waals surface area (Å²) in [5.41, 5.74) is 1.60. The van der Waals surface area contributed by atoms with E-state index in [4.69, 9.17) is 0 Å². The molecule has 20 heavy (non-hydrogen) atoms. The molecule has 0 aliphatic rings. The number of nitrogens with zero attached hydrogens (tertiary/aromatic N) is 2. The number of unbranched alkanes of at least 4 members (excludes halogenated alkanes) is 2. The lowest BCUT2D eigenvalue weighted by molar-refractivity contribution is 0.0794. The molecule has 0 radical (unpaired) electrons. The van der Waals surface area contributed by atoms with E-state index in [9.17, 15) is 4.79 Å². The number of benzene rings is 1. The number of hydrogen-bond donors (Lipinski definition) is 0. The zero-order valence-corrected chi connectivity index (χ0v) is 13.3. The SMILES string of the molecule is CN(CCCCCBr)C(=O)c1cccc2ncccc12. The topological polar surface area (TPSA) is 33.2 Å². The number of halogens is 1. The van der Waals surface area contributed by atoms with Crippen molar-refractivity contribution in [3.05, 3.63) is 42.1 Å². The Balaban J connectivity index is 2.10. The van der Waals surface area contributed by atoms with Gasteiger partial charge in [-0.25, -0.2) is 0 Å². The predicted molar refractivity (Wildman–Crippen MR) is 86.3 cm³/mol. The lowest BCUT2D eigenvalue weighted by Crippen LogP contribution is -2.27. The van der Waals surface area contributed by atoms with Crippen molar-refractivity contribution in [2.45, 2.75) is 19.3 Å². The molecule has 0 aliphatic heterocycles. The van der Waals surface area contributed by atoms with Crippen LogP contribution in [0.15, 0.2) is 36.5 Å². The Morgan fingerprint density at radius 2 is 2.05 bits per heavy atom. The van der Waals surface area contributed by atoms with Crippen LogP contribution in [-0.4, -0.2) is 34.7 Å². The van der Waals surface area contributed by atoms with E-state index in [1.807, 2.05) is 37.4 Å². The van der Waals surface area contributed by atoms with E-state index in [1.165, 1.54) is 0 Å². The summed E-state index contributed by atoms with van der Waals surface area (Å²) < 4.78 is 0. The van der Waals surface area contributed by atoms with Gasteiger partial charge in [0.05, 0.1) is 5.52 Å². The van der Waals surface area contributed by atoms with Crippen molar-refractivity contribution in [2.24, 2.45) is 0 Å². The average Bonchev–Trinajstić information content (AvgIpc) is 2.50. The van der Waals surface area contributed by atoms with Crippen molar-refractivity contribution in [2.75, 3.05) is 18.9 Å². The maximum atomic E-state index is 12.5. The minimum Gasteiger partial charge on any atom is -0.342 e. The van der Waals surface area contributed by atoms with E-state index >= 15 is 0 Å². The second kappa shape index (κ2) is 7.39. The van der Waals surface area contributed by atoms with Gasteiger partial charge in [-0.3, -0.25) is 9.78 Å². The second-order valence-corrected chi connectivity index (χ2v) is 5.65. The number of alkyl halides is 1. The molecule has 0 saturated heterocycles. The molecular formula is C16H19BrN2O. The molecule has 3 nitrogen and oxygen atoms in total. The minimum absolute atomic E-state index is 0.0717. The lowest BCUT2D eigenvalue weighted by atomic mass is 10.1. The minimum atomic E-state index is 0.0717. The lowest BCUT2D eigenvalue weighted by Gasteiger charge is -2.18. The van der Waals surface area contributed by atoms with Crippen molar-refractivity contribution >= 4 is 32.7 Å². The van der Waals surface area contributed by atoms with Crippen LogP contribution in [0.5, 0.6) is 0 Å². The monoisotopic (exact) mass is 334 g/mol. The molecule has 0 aliphatic carbocycles. The summed E-state index contributed by atoms with van der Waals surface area (Å²) in [5, 5.41) is 1.95. The molecule has 2 rings (SSSR count). The normalized spacial score (nSPS) is 10.7. The van der Waals surface area contributed by atoms with Crippen molar-refractivity contribution in [3.63, 3.8) is 0 Å². The molecule has 1 heterocycles. The molecular weight excluding hydrogens is 316 g/mol. The van der Waals surface area contributed by atoms with Crippen LogP contribution in [0.3, 0.4) is 0 Å². The average molecular weight is 335 g/mol. The smallest absolute Gasteiger partial charge is 0.254 e. The van der Waals surface area contributed by atoms with Crippen LogP contribution in [0.1, 0.15) is 29.6 Å². The molecule has 0 unspecified atom stereocenters. The molecule has 0 bridgehead atoms. The number of rotatable bonds is 6. The molecule has 1 aromatic carbocycles. The Kier molecular flexibility index (Phi) is 5.53. The first-order valence-corrected chi connectivity index (χ1v) is 8.01. The first kappa shape index (κ1) is 15.0. The standard InChI is InChI=1S/C16H19BrN2O/c1-19(12-4-2-3-10-17)16(20)14-7-5-9-15-13(14)8-6-11-18-15/h5-9,11H,2-4,10,12H2,1H3. The quantitative estimate of drug-likeness (QED) is 0.593. The van der Waals surface area contributed by atoms with Gasteiger partial charge in [0.25, 0.3) is 5.91 Å². The van der Waals surface area contributed by atoms with Crippen LogP contribution < -0.4 is 0 Å². The summed E-state index contributed by atoms with van der Waals surface area (Å²) >= 11 is 3.42. The Hall–Kier alpha value is -1.42. The summed E-state index contributed by atoms with van der Waals surface area (Å²) in [6.07, 6.45) is 5.08. The van der Waals surface area contributed by atoms with Gasteiger partial charge >= 0.3 is 0 Å². The molecule has 0 atom stereocenters. The number of carbonyl (C=O) groups excluding carboxylic acids is 1.